The quantitative estimate of drug-likeness (QED) is 0.925. The number of hydrogen-bond acceptors (Lipinski definition) is 5. The molecule has 2 saturated heterocycles. The number of rotatable bonds is 3. The standard InChI is InChI=1S/C20H28N4O/c1-14-10-24-13-18(25)9-17(24)12-23(14)11-16-8-15-6-4-5-7-19(15)21-20(16)22(2)3/h4-8,14,17-18,25H,9-13H2,1-3H3/t14-,17?,18-/m1/s1. The van der Waals surface area contributed by atoms with Crippen LogP contribution in [0.25, 0.3) is 10.9 Å². The van der Waals surface area contributed by atoms with Gasteiger partial charge < -0.3 is 10.0 Å². The van der Waals surface area contributed by atoms with E-state index in [9.17, 15) is 5.11 Å². The first kappa shape index (κ1) is 16.8. The van der Waals surface area contributed by atoms with Crippen LogP contribution in [0.1, 0.15) is 18.9 Å². The van der Waals surface area contributed by atoms with Crippen LogP contribution in [0.2, 0.25) is 0 Å². The van der Waals surface area contributed by atoms with E-state index in [1.807, 2.05) is 6.07 Å². The molecule has 5 heteroatoms. The monoisotopic (exact) mass is 340 g/mol. The Bertz CT molecular complexity index is 762. The van der Waals surface area contributed by atoms with E-state index in [0.29, 0.717) is 12.1 Å². The Morgan fingerprint density at radius 2 is 2.00 bits per heavy atom. The molecule has 2 aliphatic rings. The molecule has 0 aliphatic carbocycles. The number of pyridine rings is 1. The van der Waals surface area contributed by atoms with Gasteiger partial charge in [0.25, 0.3) is 0 Å². The molecule has 134 valence electrons. The fourth-order valence-corrected chi connectivity index (χ4v) is 4.37. The topological polar surface area (TPSA) is 42.8 Å². The van der Waals surface area contributed by atoms with Gasteiger partial charge in [-0.3, -0.25) is 9.80 Å². The fourth-order valence-electron chi connectivity index (χ4n) is 4.37. The highest BCUT2D eigenvalue weighted by atomic mass is 16.3. The van der Waals surface area contributed by atoms with E-state index in [4.69, 9.17) is 4.98 Å². The average Bonchev–Trinajstić information content (AvgIpc) is 2.93. The molecular formula is C20H28N4O. The zero-order valence-corrected chi connectivity index (χ0v) is 15.4. The molecule has 2 aromatic rings. The minimum absolute atomic E-state index is 0.156. The van der Waals surface area contributed by atoms with Crippen molar-refractivity contribution < 1.29 is 5.11 Å². The molecule has 2 fully saturated rings. The molecule has 0 bridgehead atoms. The van der Waals surface area contributed by atoms with Gasteiger partial charge in [0, 0.05) is 63.3 Å². The summed E-state index contributed by atoms with van der Waals surface area (Å²) < 4.78 is 0. The number of fused-ring (bicyclic) bond motifs is 2. The van der Waals surface area contributed by atoms with Crippen molar-refractivity contribution in [2.75, 3.05) is 38.6 Å². The second-order valence-corrected chi connectivity index (χ2v) is 7.83. The van der Waals surface area contributed by atoms with E-state index in [0.717, 1.165) is 43.9 Å². The van der Waals surface area contributed by atoms with Crippen molar-refractivity contribution in [1.82, 2.24) is 14.8 Å². The van der Waals surface area contributed by atoms with Gasteiger partial charge in [0.15, 0.2) is 0 Å². The first-order valence-electron chi connectivity index (χ1n) is 9.23. The third kappa shape index (κ3) is 3.24. The molecular weight excluding hydrogens is 312 g/mol. The van der Waals surface area contributed by atoms with Gasteiger partial charge >= 0.3 is 0 Å². The maximum atomic E-state index is 9.98. The van der Waals surface area contributed by atoms with Gasteiger partial charge in [-0.15, -0.1) is 0 Å². The molecule has 1 aromatic carbocycles. The molecule has 1 aromatic heterocycles. The number of anilines is 1. The van der Waals surface area contributed by atoms with Crippen molar-refractivity contribution in [3.8, 4) is 0 Å². The summed E-state index contributed by atoms with van der Waals surface area (Å²) in [7, 11) is 4.13. The smallest absolute Gasteiger partial charge is 0.133 e. The molecule has 4 rings (SSSR count). The van der Waals surface area contributed by atoms with Crippen molar-refractivity contribution in [1.29, 1.82) is 0 Å². The number of aliphatic hydroxyl groups is 1. The zero-order valence-electron chi connectivity index (χ0n) is 15.4. The van der Waals surface area contributed by atoms with Crippen LogP contribution in [0.4, 0.5) is 5.82 Å². The molecule has 5 nitrogen and oxygen atoms in total. The fraction of sp³-hybridized carbons (Fsp3) is 0.550. The normalized spacial score (nSPS) is 27.6. The first-order chi connectivity index (χ1) is 12.0. The second kappa shape index (κ2) is 6.56. The Morgan fingerprint density at radius 1 is 1.20 bits per heavy atom. The highest BCUT2D eigenvalue weighted by Crippen LogP contribution is 2.29. The summed E-state index contributed by atoms with van der Waals surface area (Å²) in [5, 5.41) is 11.2. The van der Waals surface area contributed by atoms with Crippen LogP contribution in [-0.4, -0.2) is 71.8 Å². The van der Waals surface area contributed by atoms with Gasteiger partial charge in [-0.05, 0) is 25.5 Å². The lowest BCUT2D eigenvalue weighted by Crippen LogP contribution is -2.54. The summed E-state index contributed by atoms with van der Waals surface area (Å²) in [5.41, 5.74) is 2.33. The lowest BCUT2D eigenvalue weighted by molar-refractivity contribution is 0.0529. The lowest BCUT2D eigenvalue weighted by atomic mass is 10.1. The van der Waals surface area contributed by atoms with Crippen molar-refractivity contribution in [2.45, 2.75) is 38.1 Å². The Hall–Kier alpha value is -1.69. The van der Waals surface area contributed by atoms with Gasteiger partial charge in [-0.1, -0.05) is 18.2 Å². The highest BCUT2D eigenvalue weighted by molar-refractivity contribution is 5.81. The van der Waals surface area contributed by atoms with E-state index in [1.165, 1.54) is 10.9 Å². The maximum absolute atomic E-state index is 9.98. The summed E-state index contributed by atoms with van der Waals surface area (Å²) in [6.07, 6.45) is 0.747. The third-order valence-corrected chi connectivity index (χ3v) is 5.65. The summed E-state index contributed by atoms with van der Waals surface area (Å²) in [4.78, 5) is 12.0. The molecule has 1 unspecified atom stereocenters. The number of aromatic nitrogens is 1. The molecule has 25 heavy (non-hydrogen) atoms. The van der Waals surface area contributed by atoms with Crippen LogP contribution in [0.5, 0.6) is 0 Å². The van der Waals surface area contributed by atoms with Crippen LogP contribution in [-0.2, 0) is 6.54 Å². The predicted octanol–water partition coefficient (Wildman–Crippen LogP) is 1.94. The minimum atomic E-state index is -0.156. The maximum Gasteiger partial charge on any atom is 0.133 e. The van der Waals surface area contributed by atoms with E-state index in [-0.39, 0.29) is 6.10 Å². The van der Waals surface area contributed by atoms with Crippen molar-refractivity contribution in [2.24, 2.45) is 0 Å². The first-order valence-corrected chi connectivity index (χ1v) is 9.23. The van der Waals surface area contributed by atoms with Gasteiger partial charge in [0.2, 0.25) is 0 Å². The Labute approximate surface area is 149 Å². The van der Waals surface area contributed by atoms with Gasteiger partial charge in [-0.2, -0.15) is 0 Å². The molecule has 2 aliphatic heterocycles. The predicted molar refractivity (Wildman–Crippen MR) is 102 cm³/mol. The molecule has 0 saturated carbocycles. The van der Waals surface area contributed by atoms with Gasteiger partial charge in [0.1, 0.15) is 5.82 Å². The average molecular weight is 340 g/mol. The summed E-state index contributed by atoms with van der Waals surface area (Å²) in [5.74, 6) is 1.06. The summed E-state index contributed by atoms with van der Waals surface area (Å²) in [6.45, 7) is 6.11. The number of para-hydroxylation sites is 1. The van der Waals surface area contributed by atoms with Gasteiger partial charge in [-0.25, -0.2) is 4.98 Å². The number of benzene rings is 1. The van der Waals surface area contributed by atoms with Crippen LogP contribution in [0.15, 0.2) is 30.3 Å². The Balaban J connectivity index is 1.62. The zero-order chi connectivity index (χ0) is 17.6. The van der Waals surface area contributed by atoms with E-state index < -0.39 is 0 Å². The molecule has 0 radical (unpaired) electrons. The molecule has 3 heterocycles. The van der Waals surface area contributed by atoms with Crippen molar-refractivity contribution in [3.63, 3.8) is 0 Å². The lowest BCUT2D eigenvalue weighted by Gasteiger charge is -2.42. The summed E-state index contributed by atoms with van der Waals surface area (Å²) >= 11 is 0. The van der Waals surface area contributed by atoms with Crippen molar-refractivity contribution in [3.05, 3.63) is 35.9 Å². The van der Waals surface area contributed by atoms with Crippen LogP contribution >= 0.6 is 0 Å². The Morgan fingerprint density at radius 3 is 2.80 bits per heavy atom. The largest absolute Gasteiger partial charge is 0.392 e. The molecule has 1 N–H and O–H groups in total. The molecule has 0 spiro atoms. The second-order valence-electron chi connectivity index (χ2n) is 7.83. The SMILES string of the molecule is C[C@@H]1CN2C[C@H](O)CC2CN1Cc1cc2ccccc2nc1N(C)C. The third-order valence-electron chi connectivity index (χ3n) is 5.65. The van der Waals surface area contributed by atoms with Crippen molar-refractivity contribution >= 4 is 16.7 Å². The van der Waals surface area contributed by atoms with Crippen LogP contribution in [0.3, 0.4) is 0 Å². The number of piperazine rings is 1. The number of nitrogens with zero attached hydrogens (tertiary/aromatic N) is 4. The highest BCUT2D eigenvalue weighted by Gasteiger charge is 2.38. The molecule has 0 amide bonds. The molecule has 3 atom stereocenters. The Kier molecular flexibility index (Phi) is 4.40. The van der Waals surface area contributed by atoms with Crippen LogP contribution in [0, 0.1) is 0 Å². The number of aliphatic hydroxyl groups excluding tert-OH is 1. The number of hydrogen-bond donors (Lipinski definition) is 1. The van der Waals surface area contributed by atoms with Crippen LogP contribution < -0.4 is 4.90 Å². The van der Waals surface area contributed by atoms with E-state index in [1.54, 1.807) is 0 Å². The van der Waals surface area contributed by atoms with E-state index in [2.05, 4.69) is 60.0 Å². The van der Waals surface area contributed by atoms with Gasteiger partial charge in [0.05, 0.1) is 11.6 Å². The minimum Gasteiger partial charge on any atom is -0.392 e. The summed E-state index contributed by atoms with van der Waals surface area (Å²) in [6, 6.07) is 11.6. The van der Waals surface area contributed by atoms with E-state index >= 15 is 0 Å².